The minimum Gasteiger partial charge on any atom is -0.318 e. The van der Waals surface area contributed by atoms with Crippen LogP contribution in [0.1, 0.15) is 20.3 Å². The maximum Gasteiger partial charge on any atom is 0.215 e. The largest absolute Gasteiger partial charge is 0.318 e. The molecule has 0 radical (unpaired) electrons. The summed E-state index contributed by atoms with van der Waals surface area (Å²) in [7, 11) is -1.36. The lowest BCUT2D eigenvalue weighted by Crippen LogP contribution is -2.38. The van der Waals surface area contributed by atoms with Crippen molar-refractivity contribution in [3.8, 4) is 0 Å². The Balaban J connectivity index is 4.01. The van der Waals surface area contributed by atoms with Crippen molar-refractivity contribution in [3.63, 3.8) is 0 Å². The Kier molecular flexibility index (Phi) is 5.44. The fourth-order valence-corrected chi connectivity index (χ4v) is 1.94. The SMILES string of the molecule is CCCNS(=O)(=O)C(C)CNC. The topological polar surface area (TPSA) is 58.2 Å². The normalized spacial score (nSPS) is 14.6. The average Bonchev–Trinajstić information content (AvgIpc) is 2.01. The van der Waals surface area contributed by atoms with Crippen LogP contribution >= 0.6 is 0 Å². The Morgan fingerprint density at radius 3 is 2.42 bits per heavy atom. The van der Waals surface area contributed by atoms with Crippen molar-refractivity contribution in [2.45, 2.75) is 25.5 Å². The second kappa shape index (κ2) is 5.50. The first-order valence-electron chi connectivity index (χ1n) is 4.17. The number of hydrogen-bond acceptors (Lipinski definition) is 3. The zero-order valence-electron chi connectivity index (χ0n) is 7.92. The van der Waals surface area contributed by atoms with Gasteiger partial charge in [0.2, 0.25) is 10.0 Å². The van der Waals surface area contributed by atoms with Crippen LogP contribution in [0.15, 0.2) is 0 Å². The summed E-state index contributed by atoms with van der Waals surface area (Å²) < 4.78 is 25.2. The van der Waals surface area contributed by atoms with Gasteiger partial charge in [-0.2, -0.15) is 0 Å². The Morgan fingerprint density at radius 1 is 1.42 bits per heavy atom. The number of hydrogen-bond donors (Lipinski definition) is 2. The second-order valence-electron chi connectivity index (χ2n) is 2.81. The van der Waals surface area contributed by atoms with Gasteiger partial charge in [0.05, 0.1) is 5.25 Å². The van der Waals surface area contributed by atoms with Crippen molar-refractivity contribution in [1.82, 2.24) is 10.0 Å². The molecular formula is C7H18N2O2S. The molecule has 2 N–H and O–H groups in total. The first-order chi connectivity index (χ1) is 5.54. The summed E-state index contributed by atoms with van der Waals surface area (Å²) in [5.74, 6) is 0. The Hall–Kier alpha value is -0.130. The molecule has 12 heavy (non-hydrogen) atoms. The molecule has 0 rings (SSSR count). The van der Waals surface area contributed by atoms with E-state index in [0.717, 1.165) is 6.42 Å². The summed E-state index contributed by atoms with van der Waals surface area (Å²) in [4.78, 5) is 0. The van der Waals surface area contributed by atoms with E-state index in [1.165, 1.54) is 0 Å². The van der Waals surface area contributed by atoms with Crippen molar-refractivity contribution < 1.29 is 8.42 Å². The monoisotopic (exact) mass is 194 g/mol. The molecule has 0 saturated carbocycles. The fourth-order valence-electron chi connectivity index (χ4n) is 0.784. The molecule has 0 aliphatic rings. The molecule has 0 spiro atoms. The van der Waals surface area contributed by atoms with Gasteiger partial charge < -0.3 is 5.32 Å². The van der Waals surface area contributed by atoms with Crippen LogP contribution in [0, 0.1) is 0 Å². The van der Waals surface area contributed by atoms with Gasteiger partial charge in [-0.05, 0) is 20.4 Å². The molecular weight excluding hydrogens is 176 g/mol. The molecule has 4 nitrogen and oxygen atoms in total. The molecule has 0 heterocycles. The zero-order chi connectivity index (χ0) is 9.61. The summed E-state index contributed by atoms with van der Waals surface area (Å²) >= 11 is 0. The molecule has 0 aromatic rings. The molecule has 0 fully saturated rings. The van der Waals surface area contributed by atoms with E-state index < -0.39 is 10.0 Å². The van der Waals surface area contributed by atoms with Crippen LogP contribution in [0.2, 0.25) is 0 Å². The number of rotatable bonds is 6. The minimum atomic E-state index is -3.10. The van der Waals surface area contributed by atoms with E-state index in [0.29, 0.717) is 13.1 Å². The highest BCUT2D eigenvalue weighted by Crippen LogP contribution is 1.95. The van der Waals surface area contributed by atoms with E-state index in [1.807, 2.05) is 6.92 Å². The Morgan fingerprint density at radius 2 is 2.00 bits per heavy atom. The maximum atomic E-state index is 11.3. The van der Waals surface area contributed by atoms with Crippen LogP contribution < -0.4 is 10.0 Å². The third-order valence-electron chi connectivity index (χ3n) is 1.57. The van der Waals surface area contributed by atoms with E-state index in [1.54, 1.807) is 14.0 Å². The van der Waals surface area contributed by atoms with Crippen molar-refractivity contribution >= 4 is 10.0 Å². The predicted octanol–water partition coefficient (Wildman–Crippen LogP) is -0.0763. The number of nitrogens with one attached hydrogen (secondary N) is 2. The highest BCUT2D eigenvalue weighted by Gasteiger charge is 2.18. The quantitative estimate of drug-likeness (QED) is 0.622. The summed E-state index contributed by atoms with van der Waals surface area (Å²) in [5.41, 5.74) is 0. The van der Waals surface area contributed by atoms with Gasteiger partial charge in [0.1, 0.15) is 0 Å². The highest BCUT2D eigenvalue weighted by atomic mass is 32.2. The standard InChI is InChI=1S/C7H18N2O2S/c1-4-5-9-12(10,11)7(2)6-8-3/h7-9H,4-6H2,1-3H3. The van der Waals surface area contributed by atoms with Crippen molar-refractivity contribution in [3.05, 3.63) is 0 Å². The van der Waals surface area contributed by atoms with Crippen molar-refractivity contribution in [2.75, 3.05) is 20.1 Å². The average molecular weight is 194 g/mol. The highest BCUT2D eigenvalue weighted by molar-refractivity contribution is 7.90. The van der Waals surface area contributed by atoms with Gasteiger partial charge >= 0.3 is 0 Å². The molecule has 74 valence electrons. The Labute approximate surface area is 74.8 Å². The van der Waals surface area contributed by atoms with Crippen LogP contribution in [-0.4, -0.2) is 33.8 Å². The third-order valence-corrected chi connectivity index (χ3v) is 3.41. The first-order valence-corrected chi connectivity index (χ1v) is 5.72. The van der Waals surface area contributed by atoms with Crippen LogP contribution in [-0.2, 0) is 10.0 Å². The lowest BCUT2D eigenvalue weighted by atomic mass is 10.5. The van der Waals surface area contributed by atoms with Gasteiger partial charge in [0.15, 0.2) is 0 Å². The molecule has 0 aliphatic carbocycles. The fraction of sp³-hybridized carbons (Fsp3) is 1.00. The first kappa shape index (κ1) is 11.9. The molecule has 1 unspecified atom stereocenters. The summed E-state index contributed by atoms with van der Waals surface area (Å²) in [6.07, 6.45) is 0.825. The summed E-state index contributed by atoms with van der Waals surface area (Å²) in [5, 5.41) is 2.46. The van der Waals surface area contributed by atoms with Crippen LogP contribution in [0.5, 0.6) is 0 Å². The van der Waals surface area contributed by atoms with Crippen LogP contribution in [0.4, 0.5) is 0 Å². The molecule has 0 bridgehead atoms. The van der Waals surface area contributed by atoms with Gasteiger partial charge in [-0.25, -0.2) is 13.1 Å². The molecule has 0 aromatic carbocycles. The van der Waals surface area contributed by atoms with E-state index >= 15 is 0 Å². The molecule has 0 saturated heterocycles. The smallest absolute Gasteiger partial charge is 0.215 e. The molecule has 0 aromatic heterocycles. The van der Waals surface area contributed by atoms with E-state index in [-0.39, 0.29) is 5.25 Å². The lowest BCUT2D eigenvalue weighted by Gasteiger charge is -2.12. The van der Waals surface area contributed by atoms with Gasteiger partial charge in [0, 0.05) is 13.1 Å². The number of sulfonamides is 1. The van der Waals surface area contributed by atoms with Gasteiger partial charge in [-0.3, -0.25) is 0 Å². The van der Waals surface area contributed by atoms with Crippen molar-refractivity contribution in [1.29, 1.82) is 0 Å². The Bertz CT molecular complexity index is 201. The summed E-state index contributed by atoms with van der Waals surface area (Å²) in [6, 6.07) is 0. The van der Waals surface area contributed by atoms with E-state index in [4.69, 9.17) is 0 Å². The maximum absolute atomic E-state index is 11.3. The molecule has 5 heteroatoms. The molecule has 1 atom stereocenters. The molecule has 0 amide bonds. The van der Waals surface area contributed by atoms with E-state index in [2.05, 4.69) is 10.0 Å². The third kappa shape index (κ3) is 4.04. The van der Waals surface area contributed by atoms with Crippen LogP contribution in [0.3, 0.4) is 0 Å². The van der Waals surface area contributed by atoms with Gasteiger partial charge in [-0.1, -0.05) is 6.92 Å². The van der Waals surface area contributed by atoms with E-state index in [9.17, 15) is 8.42 Å². The zero-order valence-corrected chi connectivity index (χ0v) is 8.74. The lowest BCUT2D eigenvalue weighted by molar-refractivity contribution is 0.563. The summed E-state index contributed by atoms with van der Waals surface area (Å²) in [6.45, 7) is 4.63. The minimum absolute atomic E-state index is 0.367. The van der Waals surface area contributed by atoms with Gasteiger partial charge in [0.25, 0.3) is 0 Å². The van der Waals surface area contributed by atoms with Gasteiger partial charge in [-0.15, -0.1) is 0 Å². The van der Waals surface area contributed by atoms with Crippen LogP contribution in [0.25, 0.3) is 0 Å². The second-order valence-corrected chi connectivity index (χ2v) is 4.99. The molecule has 0 aliphatic heterocycles. The van der Waals surface area contributed by atoms with Crippen molar-refractivity contribution in [2.24, 2.45) is 0 Å². The predicted molar refractivity (Wildman–Crippen MR) is 50.6 cm³/mol.